The molecule has 1 aliphatic heterocycles. The molecule has 0 atom stereocenters. The summed E-state index contributed by atoms with van der Waals surface area (Å²) in [6, 6.07) is 7.81. The summed E-state index contributed by atoms with van der Waals surface area (Å²) in [5.41, 5.74) is 1.47. The van der Waals surface area contributed by atoms with Crippen LogP contribution in [0.25, 0.3) is 22.4 Å². The van der Waals surface area contributed by atoms with Gasteiger partial charge >= 0.3 is 0 Å². The second-order valence-electron chi connectivity index (χ2n) is 5.49. The average molecular weight is 310 g/mol. The summed E-state index contributed by atoms with van der Waals surface area (Å²) in [4.78, 5) is 11.3. The van der Waals surface area contributed by atoms with E-state index in [1.54, 1.807) is 19.5 Å². The fourth-order valence-electron chi connectivity index (χ4n) is 2.84. The zero-order valence-electron chi connectivity index (χ0n) is 13.0. The van der Waals surface area contributed by atoms with E-state index in [4.69, 9.17) is 14.1 Å². The van der Waals surface area contributed by atoms with Crippen LogP contribution in [0.3, 0.4) is 0 Å². The molecule has 3 aromatic rings. The number of hydrogen-bond donors (Lipinski definition) is 1. The van der Waals surface area contributed by atoms with Crippen molar-refractivity contribution in [2.45, 2.75) is 0 Å². The first-order valence-electron chi connectivity index (χ1n) is 7.70. The maximum absolute atomic E-state index is 5.96. The molecule has 0 aliphatic carbocycles. The largest absolute Gasteiger partial charge is 0.493 e. The van der Waals surface area contributed by atoms with E-state index in [1.807, 2.05) is 24.3 Å². The molecule has 1 saturated heterocycles. The highest BCUT2D eigenvalue weighted by Crippen LogP contribution is 2.32. The van der Waals surface area contributed by atoms with Gasteiger partial charge in [-0.2, -0.15) is 0 Å². The van der Waals surface area contributed by atoms with Gasteiger partial charge in [-0.1, -0.05) is 12.1 Å². The molecule has 2 aromatic heterocycles. The Morgan fingerprint density at radius 3 is 2.91 bits per heavy atom. The first-order valence-corrected chi connectivity index (χ1v) is 7.70. The van der Waals surface area contributed by atoms with E-state index >= 15 is 0 Å². The van der Waals surface area contributed by atoms with E-state index in [9.17, 15) is 0 Å². The monoisotopic (exact) mass is 310 g/mol. The van der Waals surface area contributed by atoms with E-state index < -0.39 is 0 Å². The van der Waals surface area contributed by atoms with Gasteiger partial charge in [-0.3, -0.25) is 4.98 Å². The van der Waals surface area contributed by atoms with E-state index in [-0.39, 0.29) is 0 Å². The molecule has 1 N–H and O–H groups in total. The highest BCUT2D eigenvalue weighted by atomic mass is 16.5. The second-order valence-corrected chi connectivity index (χ2v) is 5.49. The molecule has 0 spiro atoms. The first kappa shape index (κ1) is 14.0. The van der Waals surface area contributed by atoms with Gasteiger partial charge in [-0.05, 0) is 12.1 Å². The molecule has 0 radical (unpaired) electrons. The van der Waals surface area contributed by atoms with Crippen LogP contribution >= 0.6 is 0 Å². The first-order chi connectivity index (χ1) is 11.3. The topological polar surface area (TPSA) is 63.4 Å². The summed E-state index contributed by atoms with van der Waals surface area (Å²) in [7, 11) is 1.64. The smallest absolute Gasteiger partial charge is 0.176 e. The second kappa shape index (κ2) is 5.89. The van der Waals surface area contributed by atoms with Crippen molar-refractivity contribution in [3.63, 3.8) is 0 Å². The Balaban J connectivity index is 1.72. The van der Waals surface area contributed by atoms with Crippen molar-refractivity contribution in [3.05, 3.63) is 36.7 Å². The maximum Gasteiger partial charge on any atom is 0.176 e. The van der Waals surface area contributed by atoms with Gasteiger partial charge in [-0.15, -0.1) is 0 Å². The number of rotatable bonds is 3. The minimum Gasteiger partial charge on any atom is -0.493 e. The van der Waals surface area contributed by atoms with Crippen LogP contribution in [0.4, 0.5) is 5.82 Å². The number of fused-ring (bicyclic) bond motifs is 1. The fourth-order valence-corrected chi connectivity index (χ4v) is 2.84. The molecule has 1 fully saturated rings. The Labute approximate surface area is 134 Å². The number of piperazine rings is 1. The van der Waals surface area contributed by atoms with Gasteiger partial charge in [0.1, 0.15) is 11.5 Å². The van der Waals surface area contributed by atoms with Crippen molar-refractivity contribution in [3.8, 4) is 17.2 Å². The van der Waals surface area contributed by atoms with Gasteiger partial charge in [0.05, 0.1) is 19.5 Å². The lowest BCUT2D eigenvalue weighted by molar-refractivity contribution is 0.411. The third-order valence-electron chi connectivity index (χ3n) is 4.04. The van der Waals surface area contributed by atoms with Crippen molar-refractivity contribution in [1.82, 2.24) is 15.3 Å². The number of furan rings is 1. The van der Waals surface area contributed by atoms with Gasteiger partial charge in [0.2, 0.25) is 0 Å². The Hall–Kier alpha value is -2.60. The molecule has 0 saturated carbocycles. The van der Waals surface area contributed by atoms with Crippen LogP contribution in [0.5, 0.6) is 5.75 Å². The molecule has 118 valence electrons. The quantitative estimate of drug-likeness (QED) is 0.801. The standard InChI is InChI=1S/C17H18N4O2/c1-22-14-4-2-3-12-9-15(23-17(12)14)13-10-19-11-16(20-13)21-7-5-18-6-8-21/h2-4,9-11,18H,5-8H2,1H3. The maximum atomic E-state index is 5.96. The summed E-state index contributed by atoms with van der Waals surface area (Å²) in [5, 5.41) is 4.33. The lowest BCUT2D eigenvalue weighted by Gasteiger charge is -2.28. The van der Waals surface area contributed by atoms with Crippen LogP contribution in [0.15, 0.2) is 41.1 Å². The zero-order chi connectivity index (χ0) is 15.6. The van der Waals surface area contributed by atoms with Crippen molar-refractivity contribution in [2.24, 2.45) is 0 Å². The SMILES string of the molecule is COc1cccc2cc(-c3cncc(N4CCNCC4)n3)oc12. The zero-order valence-corrected chi connectivity index (χ0v) is 13.0. The number of ether oxygens (including phenoxy) is 1. The Morgan fingerprint density at radius 2 is 2.09 bits per heavy atom. The molecule has 4 rings (SSSR count). The molecule has 0 bridgehead atoms. The number of aromatic nitrogens is 2. The van der Waals surface area contributed by atoms with Crippen molar-refractivity contribution >= 4 is 16.8 Å². The summed E-state index contributed by atoms with van der Waals surface area (Å²) < 4.78 is 11.3. The van der Waals surface area contributed by atoms with Crippen LogP contribution in [0.1, 0.15) is 0 Å². The Bertz CT molecular complexity index is 824. The van der Waals surface area contributed by atoms with Crippen molar-refractivity contribution in [2.75, 3.05) is 38.2 Å². The van der Waals surface area contributed by atoms with Gasteiger partial charge < -0.3 is 19.4 Å². The van der Waals surface area contributed by atoms with Crippen LogP contribution in [-0.4, -0.2) is 43.3 Å². The summed E-state index contributed by atoms with van der Waals surface area (Å²) in [6.45, 7) is 3.81. The highest BCUT2D eigenvalue weighted by Gasteiger charge is 2.15. The van der Waals surface area contributed by atoms with Crippen LogP contribution in [-0.2, 0) is 0 Å². The normalized spacial score (nSPS) is 15.1. The number of benzene rings is 1. The van der Waals surface area contributed by atoms with E-state index in [0.717, 1.165) is 54.4 Å². The summed E-state index contributed by atoms with van der Waals surface area (Å²) in [6.07, 6.45) is 3.54. The Kier molecular flexibility index (Phi) is 3.59. The number of anilines is 1. The molecule has 1 aliphatic rings. The number of para-hydroxylation sites is 1. The van der Waals surface area contributed by atoms with Crippen molar-refractivity contribution < 1.29 is 9.15 Å². The summed E-state index contributed by atoms with van der Waals surface area (Å²) in [5.74, 6) is 2.31. The average Bonchev–Trinajstić information content (AvgIpc) is 3.07. The third kappa shape index (κ3) is 2.61. The highest BCUT2D eigenvalue weighted by molar-refractivity contribution is 5.87. The number of nitrogens with one attached hydrogen (secondary N) is 1. The lowest BCUT2D eigenvalue weighted by Crippen LogP contribution is -2.43. The molecule has 6 heteroatoms. The number of methoxy groups -OCH3 is 1. The third-order valence-corrected chi connectivity index (χ3v) is 4.04. The number of nitrogens with zero attached hydrogens (tertiary/aromatic N) is 3. The predicted molar refractivity (Wildman–Crippen MR) is 88.9 cm³/mol. The molecule has 1 aromatic carbocycles. The van der Waals surface area contributed by atoms with Crippen LogP contribution in [0.2, 0.25) is 0 Å². The van der Waals surface area contributed by atoms with Gasteiger partial charge in [0, 0.05) is 31.6 Å². The van der Waals surface area contributed by atoms with E-state index in [0.29, 0.717) is 5.76 Å². The van der Waals surface area contributed by atoms with Crippen LogP contribution < -0.4 is 15.0 Å². The minimum absolute atomic E-state index is 0.703. The molecule has 3 heterocycles. The van der Waals surface area contributed by atoms with Crippen molar-refractivity contribution in [1.29, 1.82) is 0 Å². The molecule has 6 nitrogen and oxygen atoms in total. The lowest BCUT2D eigenvalue weighted by atomic mass is 10.2. The van der Waals surface area contributed by atoms with Gasteiger partial charge in [-0.25, -0.2) is 4.98 Å². The summed E-state index contributed by atoms with van der Waals surface area (Å²) >= 11 is 0. The Morgan fingerprint density at radius 1 is 1.22 bits per heavy atom. The van der Waals surface area contributed by atoms with Crippen LogP contribution in [0, 0.1) is 0 Å². The van der Waals surface area contributed by atoms with Gasteiger partial charge in [0.25, 0.3) is 0 Å². The fraction of sp³-hybridized carbons (Fsp3) is 0.294. The van der Waals surface area contributed by atoms with E-state index in [1.165, 1.54) is 0 Å². The van der Waals surface area contributed by atoms with E-state index in [2.05, 4.69) is 15.2 Å². The predicted octanol–water partition coefficient (Wildman–Crippen LogP) is 2.31. The molecule has 23 heavy (non-hydrogen) atoms. The molecular formula is C17H18N4O2. The number of hydrogen-bond acceptors (Lipinski definition) is 6. The molecule has 0 unspecified atom stereocenters. The van der Waals surface area contributed by atoms with Gasteiger partial charge in [0.15, 0.2) is 17.1 Å². The molecular weight excluding hydrogens is 292 g/mol. The molecule has 0 amide bonds. The minimum atomic E-state index is 0.703.